The van der Waals surface area contributed by atoms with E-state index in [1.54, 1.807) is 22.7 Å². The minimum Gasteiger partial charge on any atom is -0.335 e. The Kier molecular flexibility index (Phi) is 5.07. The summed E-state index contributed by atoms with van der Waals surface area (Å²) in [6.45, 7) is 3.54. The number of thiophene rings is 1. The molecule has 6 heteroatoms. The highest BCUT2D eigenvalue weighted by Gasteiger charge is 2.30. The summed E-state index contributed by atoms with van der Waals surface area (Å²) in [5, 5.41) is 3.12. The summed E-state index contributed by atoms with van der Waals surface area (Å²) in [6.07, 6.45) is 2.30. The normalized spacial score (nSPS) is 19.1. The highest BCUT2D eigenvalue weighted by atomic mass is 32.1. The van der Waals surface area contributed by atoms with E-state index in [4.69, 9.17) is 4.98 Å². The molecule has 4 nitrogen and oxygen atoms in total. The van der Waals surface area contributed by atoms with Gasteiger partial charge in [0.15, 0.2) is 0 Å². The number of fused-ring (bicyclic) bond motifs is 1. The Morgan fingerprint density at radius 2 is 2.19 bits per heavy atom. The molecule has 0 radical (unpaired) electrons. The molecule has 0 spiro atoms. The Morgan fingerprint density at radius 3 is 2.96 bits per heavy atom. The first-order valence-corrected chi connectivity index (χ1v) is 10.7. The minimum atomic E-state index is -0.0114. The van der Waals surface area contributed by atoms with Crippen molar-refractivity contribution in [2.75, 3.05) is 20.1 Å². The van der Waals surface area contributed by atoms with Crippen LogP contribution in [0.3, 0.4) is 0 Å². The van der Waals surface area contributed by atoms with Crippen molar-refractivity contribution in [1.82, 2.24) is 14.8 Å². The van der Waals surface area contributed by atoms with Gasteiger partial charge in [0, 0.05) is 18.0 Å². The molecule has 1 aliphatic rings. The first kappa shape index (κ1) is 17.6. The van der Waals surface area contributed by atoms with Crippen LogP contribution in [0.25, 0.3) is 10.2 Å². The van der Waals surface area contributed by atoms with Crippen molar-refractivity contribution < 1.29 is 4.79 Å². The molecule has 1 saturated heterocycles. The molecule has 1 aliphatic heterocycles. The molecule has 0 N–H and O–H groups in total. The van der Waals surface area contributed by atoms with Crippen molar-refractivity contribution in [3.05, 3.63) is 51.7 Å². The molecule has 0 aliphatic carbocycles. The Hall–Kier alpha value is -1.76. The van der Waals surface area contributed by atoms with Crippen LogP contribution >= 0.6 is 22.7 Å². The lowest BCUT2D eigenvalue weighted by Gasteiger charge is -2.28. The van der Waals surface area contributed by atoms with Crippen molar-refractivity contribution in [3.8, 4) is 0 Å². The van der Waals surface area contributed by atoms with E-state index >= 15 is 0 Å². The third-order valence-corrected chi connectivity index (χ3v) is 7.40. The topological polar surface area (TPSA) is 36.4 Å². The largest absolute Gasteiger partial charge is 0.335 e. The summed E-state index contributed by atoms with van der Waals surface area (Å²) in [6, 6.07) is 12.8. The van der Waals surface area contributed by atoms with Gasteiger partial charge in [-0.3, -0.25) is 9.69 Å². The van der Waals surface area contributed by atoms with Crippen LogP contribution in [-0.4, -0.2) is 40.8 Å². The van der Waals surface area contributed by atoms with Gasteiger partial charge in [0.1, 0.15) is 5.01 Å². The number of hydrogen-bond acceptors (Lipinski definition) is 5. The van der Waals surface area contributed by atoms with Crippen LogP contribution in [0, 0.1) is 0 Å². The van der Waals surface area contributed by atoms with Crippen LogP contribution < -0.4 is 0 Å². The number of rotatable bonds is 5. The van der Waals surface area contributed by atoms with Crippen molar-refractivity contribution in [2.45, 2.75) is 31.8 Å². The Morgan fingerprint density at radius 1 is 1.35 bits per heavy atom. The second-order valence-corrected chi connectivity index (χ2v) is 8.89. The summed E-state index contributed by atoms with van der Waals surface area (Å²) in [5.41, 5.74) is 1.01. The first-order valence-electron chi connectivity index (χ1n) is 9.02. The Bertz CT molecular complexity index is 856. The average Bonchev–Trinajstić information content (AvgIpc) is 3.39. The fourth-order valence-corrected chi connectivity index (χ4v) is 5.51. The third kappa shape index (κ3) is 3.41. The Labute approximate surface area is 162 Å². The van der Waals surface area contributed by atoms with E-state index in [0.29, 0.717) is 12.6 Å². The van der Waals surface area contributed by atoms with Crippen LogP contribution in [0.4, 0.5) is 0 Å². The summed E-state index contributed by atoms with van der Waals surface area (Å²) in [7, 11) is 1.90. The van der Waals surface area contributed by atoms with Crippen molar-refractivity contribution in [1.29, 1.82) is 0 Å². The van der Waals surface area contributed by atoms with E-state index in [1.807, 2.05) is 30.1 Å². The molecular formula is C20H23N3OS2. The predicted octanol–water partition coefficient (Wildman–Crippen LogP) is 4.71. The maximum atomic E-state index is 12.9. The van der Waals surface area contributed by atoms with Gasteiger partial charge >= 0.3 is 0 Å². The summed E-state index contributed by atoms with van der Waals surface area (Å²) < 4.78 is 1.17. The molecule has 1 amide bonds. The van der Waals surface area contributed by atoms with Gasteiger partial charge in [-0.05, 0) is 49.9 Å². The van der Waals surface area contributed by atoms with Crippen molar-refractivity contribution in [2.24, 2.45) is 0 Å². The van der Waals surface area contributed by atoms with E-state index in [9.17, 15) is 4.79 Å². The third-order valence-electron chi connectivity index (χ3n) is 5.22. The number of hydrogen-bond donors (Lipinski definition) is 0. The maximum absolute atomic E-state index is 12.9. The number of carbonyl (C=O) groups is 1. The predicted molar refractivity (Wildman–Crippen MR) is 109 cm³/mol. The van der Waals surface area contributed by atoms with Crippen LogP contribution in [0.1, 0.15) is 41.7 Å². The number of nitrogens with zero attached hydrogens (tertiary/aromatic N) is 3. The Balaban J connectivity index is 1.45. The van der Waals surface area contributed by atoms with Gasteiger partial charge in [-0.25, -0.2) is 4.98 Å². The first-order chi connectivity index (χ1) is 12.6. The van der Waals surface area contributed by atoms with Crippen molar-refractivity contribution in [3.63, 3.8) is 0 Å². The number of likely N-dealkylation sites (tertiary alicyclic amines) is 1. The van der Waals surface area contributed by atoms with Crippen LogP contribution in [0.15, 0.2) is 41.8 Å². The second kappa shape index (κ2) is 7.47. The van der Waals surface area contributed by atoms with E-state index in [0.717, 1.165) is 29.9 Å². The van der Waals surface area contributed by atoms with Gasteiger partial charge in [-0.1, -0.05) is 18.2 Å². The number of amides is 1. The second-order valence-electron chi connectivity index (χ2n) is 6.84. The zero-order valence-electron chi connectivity index (χ0n) is 15.1. The smallest absolute Gasteiger partial charge is 0.237 e. The zero-order valence-corrected chi connectivity index (χ0v) is 16.7. The standard InChI is InChI=1S/C20H23N3OS2/c1-14(20-21-15-7-3-4-9-17(15)26-20)22(2)19(24)13-23-11-5-8-16(23)18-10-6-12-25-18/h3-4,6-7,9-10,12,14,16H,5,8,11,13H2,1-2H3/t14-,16+/m1/s1. The molecule has 0 unspecified atom stereocenters. The number of likely N-dealkylation sites (N-methyl/N-ethyl adjacent to an activating group) is 1. The lowest BCUT2D eigenvalue weighted by molar-refractivity contribution is -0.133. The highest BCUT2D eigenvalue weighted by molar-refractivity contribution is 7.18. The molecule has 2 aromatic heterocycles. The zero-order chi connectivity index (χ0) is 18.1. The molecular weight excluding hydrogens is 362 g/mol. The molecule has 3 aromatic rings. The highest BCUT2D eigenvalue weighted by Crippen LogP contribution is 2.35. The van der Waals surface area contributed by atoms with Gasteiger partial charge < -0.3 is 4.90 Å². The van der Waals surface area contributed by atoms with Crippen LogP contribution in [0.5, 0.6) is 0 Å². The molecule has 0 bridgehead atoms. The van der Waals surface area contributed by atoms with Crippen LogP contribution in [-0.2, 0) is 4.79 Å². The minimum absolute atomic E-state index is 0.0114. The molecule has 2 atom stereocenters. The fraction of sp³-hybridized carbons (Fsp3) is 0.400. The lowest BCUT2D eigenvalue weighted by Crippen LogP contribution is -2.39. The van der Waals surface area contributed by atoms with Gasteiger partial charge in [-0.2, -0.15) is 0 Å². The van der Waals surface area contributed by atoms with Gasteiger partial charge in [0.05, 0.1) is 22.8 Å². The average molecular weight is 386 g/mol. The molecule has 0 saturated carbocycles. The number of para-hydroxylation sites is 1. The number of benzene rings is 1. The van der Waals surface area contributed by atoms with E-state index < -0.39 is 0 Å². The molecule has 26 heavy (non-hydrogen) atoms. The summed E-state index contributed by atoms with van der Waals surface area (Å²) in [4.78, 5) is 23.2. The number of aromatic nitrogens is 1. The van der Waals surface area contributed by atoms with E-state index in [2.05, 4.69) is 35.4 Å². The monoisotopic (exact) mass is 385 g/mol. The molecule has 1 fully saturated rings. The van der Waals surface area contributed by atoms with Crippen LogP contribution in [0.2, 0.25) is 0 Å². The fourth-order valence-electron chi connectivity index (χ4n) is 3.55. The maximum Gasteiger partial charge on any atom is 0.237 e. The summed E-state index contributed by atoms with van der Waals surface area (Å²) >= 11 is 3.47. The molecule has 3 heterocycles. The van der Waals surface area contributed by atoms with Crippen molar-refractivity contribution >= 4 is 38.8 Å². The SMILES string of the molecule is C[C@H](c1nc2ccccc2s1)N(C)C(=O)CN1CCC[C@H]1c1cccs1. The van der Waals surface area contributed by atoms with Gasteiger partial charge in [0.2, 0.25) is 5.91 Å². The lowest BCUT2D eigenvalue weighted by atomic mass is 10.2. The number of carbonyl (C=O) groups excluding carboxylic acids is 1. The summed E-state index contributed by atoms with van der Waals surface area (Å²) in [5.74, 6) is 0.167. The number of thiazole rings is 1. The quantitative estimate of drug-likeness (QED) is 0.638. The molecule has 4 rings (SSSR count). The molecule has 1 aromatic carbocycles. The molecule has 136 valence electrons. The van der Waals surface area contributed by atoms with E-state index in [1.165, 1.54) is 9.58 Å². The van der Waals surface area contributed by atoms with E-state index in [-0.39, 0.29) is 11.9 Å². The van der Waals surface area contributed by atoms with Gasteiger partial charge in [0.25, 0.3) is 0 Å². The van der Waals surface area contributed by atoms with Gasteiger partial charge in [-0.15, -0.1) is 22.7 Å².